The Morgan fingerprint density at radius 3 is 2.62 bits per heavy atom. The zero-order valence-corrected chi connectivity index (χ0v) is 5.35. The molecule has 1 fully saturated rings. The lowest BCUT2D eigenvalue weighted by Crippen LogP contribution is -2.27. The topological polar surface area (TPSA) is 20.3 Å². The van der Waals surface area contributed by atoms with Crippen LogP contribution < -0.4 is 0 Å². The van der Waals surface area contributed by atoms with Crippen LogP contribution in [-0.4, -0.2) is 24.7 Å². The van der Waals surface area contributed by atoms with E-state index >= 15 is 0 Å². The van der Waals surface area contributed by atoms with Crippen LogP contribution in [0.5, 0.6) is 0 Å². The smallest absolute Gasteiger partial charge is 0.221 e. The second-order valence-corrected chi connectivity index (χ2v) is 2.39. The van der Waals surface area contributed by atoms with Crippen LogP contribution in [0.2, 0.25) is 0 Å². The maximum Gasteiger partial charge on any atom is 0.221 e. The van der Waals surface area contributed by atoms with Gasteiger partial charge in [0.25, 0.3) is 0 Å². The van der Waals surface area contributed by atoms with Gasteiger partial charge in [-0.2, -0.15) is 0 Å². The summed E-state index contributed by atoms with van der Waals surface area (Å²) in [6.07, 6.45) is 1.78. The number of amides is 1. The molecule has 0 unspecified atom stereocenters. The summed E-state index contributed by atoms with van der Waals surface area (Å²) in [4.78, 5) is 12.5. The summed E-state index contributed by atoms with van der Waals surface area (Å²) < 4.78 is 0. The first-order valence-corrected chi connectivity index (χ1v) is 2.97. The van der Waals surface area contributed by atoms with Gasteiger partial charge in [-0.15, -0.1) is 0 Å². The van der Waals surface area contributed by atoms with Crippen LogP contribution >= 0.6 is 0 Å². The predicted molar refractivity (Wildman–Crippen MR) is 34.1 cm³/mol. The van der Waals surface area contributed by atoms with E-state index in [1.54, 1.807) is 4.81 Å². The number of nitrogens with zero attached hydrogens (tertiary/aromatic N) is 1. The van der Waals surface area contributed by atoms with E-state index in [-0.39, 0.29) is 5.91 Å². The molecule has 2 nitrogen and oxygen atoms in total. The third-order valence-electron chi connectivity index (χ3n) is 1.83. The zero-order chi connectivity index (χ0) is 6.15. The van der Waals surface area contributed by atoms with Crippen molar-refractivity contribution in [3.05, 3.63) is 0 Å². The summed E-state index contributed by atoms with van der Waals surface area (Å²) in [5.41, 5.74) is 0. The molecule has 0 radical (unpaired) electrons. The Morgan fingerprint density at radius 1 is 1.88 bits per heavy atom. The van der Waals surface area contributed by atoms with E-state index in [0.717, 1.165) is 12.8 Å². The van der Waals surface area contributed by atoms with Crippen LogP contribution in [0, 0.1) is 0 Å². The fraction of sp³-hybridized carbons (Fsp3) is 0.800. The van der Waals surface area contributed by atoms with Crippen molar-refractivity contribution < 1.29 is 4.79 Å². The van der Waals surface area contributed by atoms with Gasteiger partial charge in [-0.05, 0) is 13.3 Å². The normalized spacial score (nSPS) is 29.4. The van der Waals surface area contributed by atoms with Crippen molar-refractivity contribution in [2.24, 2.45) is 0 Å². The van der Waals surface area contributed by atoms with Gasteiger partial charge in [-0.1, -0.05) is 0 Å². The third-order valence-corrected chi connectivity index (χ3v) is 1.83. The van der Waals surface area contributed by atoms with Crippen molar-refractivity contribution in [3.8, 4) is 0 Å². The molecule has 3 heteroatoms. The third kappa shape index (κ3) is 0.724. The second kappa shape index (κ2) is 1.80. The van der Waals surface area contributed by atoms with E-state index in [1.807, 2.05) is 7.98 Å². The van der Waals surface area contributed by atoms with Crippen LogP contribution in [0.15, 0.2) is 0 Å². The Bertz CT molecular complexity index is 115. The minimum atomic E-state index is 0.289. The van der Waals surface area contributed by atoms with Crippen LogP contribution in [0.4, 0.5) is 0 Å². The lowest BCUT2D eigenvalue weighted by atomic mass is 10.2. The molecule has 0 spiro atoms. The van der Waals surface area contributed by atoms with E-state index in [2.05, 4.69) is 6.92 Å². The number of carbonyl (C=O) groups excluding carboxylic acids is 1. The van der Waals surface area contributed by atoms with Gasteiger partial charge in [0, 0.05) is 12.5 Å². The van der Waals surface area contributed by atoms with Gasteiger partial charge in [0.05, 0.1) is 0 Å². The van der Waals surface area contributed by atoms with Gasteiger partial charge >= 0.3 is 0 Å². The quantitative estimate of drug-likeness (QED) is 0.387. The Balaban J connectivity index is 2.56. The molecule has 1 aliphatic rings. The van der Waals surface area contributed by atoms with Gasteiger partial charge in [0.2, 0.25) is 13.9 Å². The molecule has 1 atom stereocenters. The fourth-order valence-corrected chi connectivity index (χ4v) is 0.948. The molecule has 44 valence electrons. The molecule has 1 saturated heterocycles. The summed E-state index contributed by atoms with van der Waals surface area (Å²) in [5.74, 6) is 0.289. The molecule has 0 saturated carbocycles. The van der Waals surface area contributed by atoms with E-state index in [1.165, 1.54) is 0 Å². The average Bonchev–Trinajstić information content (AvgIpc) is 1.98. The lowest BCUT2D eigenvalue weighted by Gasteiger charge is -2.14. The largest absolute Gasteiger partial charge is 0.391 e. The Labute approximate surface area is 50.3 Å². The molecule has 1 aliphatic heterocycles. The summed E-state index contributed by atoms with van der Waals surface area (Å²) in [5, 5.41) is 0. The van der Waals surface area contributed by atoms with Crippen molar-refractivity contribution in [1.82, 2.24) is 4.81 Å². The van der Waals surface area contributed by atoms with Crippen LogP contribution in [0.25, 0.3) is 0 Å². The van der Waals surface area contributed by atoms with Gasteiger partial charge in [0.1, 0.15) is 0 Å². The maximum absolute atomic E-state index is 10.7. The first-order chi connectivity index (χ1) is 3.72. The minimum absolute atomic E-state index is 0.289. The molecule has 0 bridgehead atoms. The molecule has 1 amide bonds. The highest BCUT2D eigenvalue weighted by Crippen LogP contribution is 2.13. The van der Waals surface area contributed by atoms with Crippen molar-refractivity contribution in [2.45, 2.75) is 25.8 Å². The highest BCUT2D eigenvalue weighted by molar-refractivity contribution is 6.15. The standard InChI is InChI=1S/C5H10BNO/c1-4-2-3-5(8)7(4)6/h4H,2-3,6H2,1H3/t4-/m0/s1. The van der Waals surface area contributed by atoms with E-state index in [4.69, 9.17) is 0 Å². The lowest BCUT2D eigenvalue weighted by molar-refractivity contribution is -0.124. The SMILES string of the molecule is BN1C(=O)CC[C@@H]1C. The number of carbonyl (C=O) groups is 1. The molecule has 0 aromatic heterocycles. The van der Waals surface area contributed by atoms with Gasteiger partial charge in [-0.3, -0.25) is 4.79 Å². The molecule has 1 rings (SSSR count). The molecule has 8 heavy (non-hydrogen) atoms. The Morgan fingerprint density at radius 2 is 2.50 bits per heavy atom. The Hall–Kier alpha value is -0.465. The second-order valence-electron chi connectivity index (χ2n) is 2.39. The van der Waals surface area contributed by atoms with E-state index in [9.17, 15) is 4.79 Å². The number of hydrogen-bond acceptors (Lipinski definition) is 1. The predicted octanol–water partition coefficient (Wildman–Crippen LogP) is -0.455. The number of hydrogen-bond donors (Lipinski definition) is 0. The minimum Gasteiger partial charge on any atom is -0.391 e. The van der Waals surface area contributed by atoms with Crippen molar-refractivity contribution in [2.75, 3.05) is 0 Å². The first-order valence-electron chi connectivity index (χ1n) is 2.97. The van der Waals surface area contributed by atoms with Crippen molar-refractivity contribution >= 4 is 13.9 Å². The highest BCUT2D eigenvalue weighted by Gasteiger charge is 2.22. The van der Waals surface area contributed by atoms with Crippen LogP contribution in [-0.2, 0) is 4.79 Å². The molecule has 0 aromatic carbocycles. The van der Waals surface area contributed by atoms with Crippen LogP contribution in [0.3, 0.4) is 0 Å². The maximum atomic E-state index is 10.7. The average molecular weight is 111 g/mol. The fourth-order valence-electron chi connectivity index (χ4n) is 0.948. The summed E-state index contributed by atoms with van der Waals surface area (Å²) >= 11 is 0. The van der Waals surface area contributed by atoms with Crippen molar-refractivity contribution in [1.29, 1.82) is 0 Å². The molecule has 0 aromatic rings. The van der Waals surface area contributed by atoms with E-state index in [0.29, 0.717) is 6.04 Å². The molecule has 0 N–H and O–H groups in total. The zero-order valence-electron chi connectivity index (χ0n) is 5.35. The van der Waals surface area contributed by atoms with E-state index < -0.39 is 0 Å². The van der Waals surface area contributed by atoms with Crippen LogP contribution in [0.1, 0.15) is 19.8 Å². The molecular formula is C5H10BNO. The molecule has 0 aliphatic carbocycles. The summed E-state index contributed by atoms with van der Waals surface area (Å²) in [7, 11) is 1.86. The monoisotopic (exact) mass is 111 g/mol. The van der Waals surface area contributed by atoms with Gasteiger partial charge in [0.15, 0.2) is 0 Å². The summed E-state index contributed by atoms with van der Waals surface area (Å²) in [6, 6.07) is 0.475. The van der Waals surface area contributed by atoms with Gasteiger partial charge < -0.3 is 4.81 Å². The highest BCUT2D eigenvalue weighted by atomic mass is 16.2. The van der Waals surface area contributed by atoms with Crippen molar-refractivity contribution in [3.63, 3.8) is 0 Å². The summed E-state index contributed by atoms with van der Waals surface area (Å²) in [6.45, 7) is 2.07. The molecule has 1 heterocycles. The van der Waals surface area contributed by atoms with Gasteiger partial charge in [-0.25, -0.2) is 0 Å². The first kappa shape index (κ1) is 5.67. The number of rotatable bonds is 0. The molecular weight excluding hydrogens is 101 g/mol. The Kier molecular flexibility index (Phi) is 1.28.